The predicted octanol–water partition coefficient (Wildman–Crippen LogP) is 7.72. The van der Waals surface area contributed by atoms with Crippen molar-refractivity contribution in [1.82, 2.24) is 0 Å². The molecule has 0 N–H and O–H groups in total. The Balaban J connectivity index is 0.000000276. The monoisotopic (exact) mass is 626 g/mol. The summed E-state index contributed by atoms with van der Waals surface area (Å²) in [6, 6.07) is 25.6. The van der Waals surface area contributed by atoms with Crippen molar-refractivity contribution in [2.45, 2.75) is 27.7 Å². The van der Waals surface area contributed by atoms with E-state index in [0.29, 0.717) is 0 Å². The maximum atomic E-state index is 12.1. The molecule has 0 atom stereocenters. The molecule has 0 saturated carbocycles. The molecule has 0 bridgehead atoms. The molecule has 43 heavy (non-hydrogen) atoms. The Morgan fingerprint density at radius 1 is 0.488 bits per heavy atom. The molecule has 0 amide bonds. The van der Waals surface area contributed by atoms with Gasteiger partial charge in [-0.15, -0.1) is 0 Å². The summed E-state index contributed by atoms with van der Waals surface area (Å²) in [6.45, 7) is 8.49. The van der Waals surface area contributed by atoms with E-state index in [0.717, 1.165) is 33.9 Å². The topological polar surface area (TPSA) is 70.8 Å². The van der Waals surface area contributed by atoms with Crippen LogP contribution in [0.3, 0.4) is 0 Å². The number of aryl methyl sites for hydroxylation is 4. The number of halogens is 4. The Kier molecular flexibility index (Phi) is 9.07. The number of hydrogen-bond donors (Lipinski definition) is 0. The molecule has 0 radical (unpaired) electrons. The molecule has 0 saturated heterocycles. The number of aliphatic imine (C=N–C) groups is 2. The quantitative estimate of drug-likeness (QED) is 0.0871. The molecule has 6 rings (SSSR count). The number of benzene rings is 5. The van der Waals surface area contributed by atoms with E-state index < -0.39 is 34.8 Å². The van der Waals surface area contributed by atoms with Crippen molar-refractivity contribution in [2.75, 3.05) is 0 Å². The van der Waals surface area contributed by atoms with Crippen LogP contribution in [-0.4, -0.2) is 11.4 Å². The zero-order valence-corrected chi connectivity index (χ0v) is 24.5. The maximum Gasteiger partial charge on any atom is 2.00 e. The Hall–Kier alpha value is -4.49. The molecule has 1 aliphatic carbocycles. The van der Waals surface area contributed by atoms with Crippen LogP contribution >= 0.6 is 0 Å². The third-order valence-corrected chi connectivity index (χ3v) is 7.15. The van der Waals surface area contributed by atoms with Gasteiger partial charge in [-0.05, 0) is 55.3 Å². The van der Waals surface area contributed by atoms with Gasteiger partial charge in [0.05, 0.1) is 22.8 Å². The minimum absolute atomic E-state index is 0. The fourth-order valence-electron chi connectivity index (χ4n) is 5.00. The average Bonchev–Trinajstić information content (AvgIpc) is 3.27. The van der Waals surface area contributed by atoms with Crippen LogP contribution in [0.4, 0.5) is 28.9 Å². The van der Waals surface area contributed by atoms with E-state index in [1.54, 1.807) is 0 Å². The van der Waals surface area contributed by atoms with E-state index in [4.69, 9.17) is 9.98 Å². The van der Waals surface area contributed by atoms with Crippen LogP contribution in [0.2, 0.25) is 0 Å². The zero-order chi connectivity index (χ0) is 30.3. The van der Waals surface area contributed by atoms with Gasteiger partial charge in [0.25, 0.3) is 0 Å². The van der Waals surface area contributed by atoms with Crippen LogP contribution in [-0.2, 0) is 16.5 Å². The Morgan fingerprint density at radius 2 is 0.814 bits per heavy atom. The molecular formula is C34H24F4N2NiO2. The molecule has 4 nitrogen and oxygen atoms in total. The largest absolute Gasteiger partial charge is 2.00 e. The first-order valence-corrected chi connectivity index (χ1v) is 13.0. The summed E-state index contributed by atoms with van der Waals surface area (Å²) in [7, 11) is 0. The molecule has 1 aliphatic rings. The zero-order valence-electron chi connectivity index (χ0n) is 23.5. The number of para-hydroxylation sites is 2. The molecule has 9 heteroatoms. The van der Waals surface area contributed by atoms with Crippen molar-refractivity contribution in [3.8, 4) is 11.5 Å². The van der Waals surface area contributed by atoms with Gasteiger partial charge in [0.15, 0.2) is 23.3 Å². The second-order valence-corrected chi connectivity index (χ2v) is 10.0. The van der Waals surface area contributed by atoms with Gasteiger partial charge in [-0.2, -0.15) is 0 Å². The number of rotatable bonds is 2. The van der Waals surface area contributed by atoms with Crippen LogP contribution in [0.5, 0.6) is 11.5 Å². The first-order chi connectivity index (χ1) is 20.0. The van der Waals surface area contributed by atoms with E-state index in [1.807, 2.05) is 0 Å². The van der Waals surface area contributed by atoms with Crippen molar-refractivity contribution < 1.29 is 44.3 Å². The third-order valence-electron chi connectivity index (χ3n) is 7.15. The van der Waals surface area contributed by atoms with Crippen molar-refractivity contribution >= 4 is 33.6 Å². The second-order valence-electron chi connectivity index (χ2n) is 10.0. The molecule has 5 aromatic carbocycles. The fourth-order valence-corrected chi connectivity index (χ4v) is 5.00. The number of hydrogen-bond acceptors (Lipinski definition) is 4. The average molecular weight is 627 g/mol. The molecule has 0 heterocycles. The standard InChI is InChI=1S/C28H24N2.C6H2F4O2.Ni/c1-17-9-5-10-18(2)25(17)29-27-22-15-7-13-21-14-8-16-23(24(21)22)28(27)30-26-19(3)11-6-12-20(26)4;7-1-2(8)4(10)6(12)5(11)3(1)9;/h5-16H,1-4H3;11-12H;/q;;+2/p-2. The molecular weight excluding hydrogens is 603 g/mol. The number of nitrogens with zero attached hydrogens (tertiary/aromatic N) is 2. The first kappa shape index (κ1) is 31.4. The minimum atomic E-state index is -2.27. The van der Waals surface area contributed by atoms with E-state index in [-0.39, 0.29) is 16.5 Å². The normalized spacial score (nSPS) is 13.7. The van der Waals surface area contributed by atoms with Gasteiger partial charge < -0.3 is 10.2 Å². The van der Waals surface area contributed by atoms with Crippen LogP contribution in [0.15, 0.2) is 82.8 Å². The van der Waals surface area contributed by atoms with Gasteiger partial charge >= 0.3 is 16.5 Å². The van der Waals surface area contributed by atoms with Gasteiger partial charge in [-0.25, -0.2) is 27.5 Å². The Bertz CT molecular complexity index is 1710. The van der Waals surface area contributed by atoms with Crippen LogP contribution < -0.4 is 10.2 Å². The molecule has 220 valence electrons. The molecule has 0 fully saturated rings. The summed E-state index contributed by atoms with van der Waals surface area (Å²) in [5.74, 6) is -12.9. The van der Waals surface area contributed by atoms with Crippen molar-refractivity contribution in [3.05, 3.63) is 129 Å². The molecule has 0 spiro atoms. The molecule has 0 aromatic heterocycles. The molecule has 0 unspecified atom stereocenters. The van der Waals surface area contributed by atoms with Crippen LogP contribution in [0.25, 0.3) is 10.8 Å². The summed E-state index contributed by atoms with van der Waals surface area (Å²) < 4.78 is 48.5. The molecule has 5 aromatic rings. The van der Waals surface area contributed by atoms with Gasteiger partial charge in [0.2, 0.25) is 0 Å². The maximum absolute atomic E-state index is 12.1. The summed E-state index contributed by atoms with van der Waals surface area (Å²) in [4.78, 5) is 10.4. The van der Waals surface area contributed by atoms with E-state index >= 15 is 0 Å². The minimum Gasteiger partial charge on any atom is -0.871 e. The first-order valence-electron chi connectivity index (χ1n) is 13.0. The third kappa shape index (κ3) is 5.65. The summed E-state index contributed by atoms with van der Waals surface area (Å²) in [5.41, 5.74) is 11.0. The van der Waals surface area contributed by atoms with Crippen molar-refractivity contribution in [3.63, 3.8) is 0 Å². The van der Waals surface area contributed by atoms with Gasteiger partial charge in [-0.1, -0.05) is 84.3 Å². The Morgan fingerprint density at radius 3 is 1.16 bits per heavy atom. The van der Waals surface area contributed by atoms with E-state index in [2.05, 4.69) is 100 Å². The SMILES string of the molecule is Cc1cccc(C)c1N=C1C(=Nc2c(C)cccc2C)c2cccc3cccc1c23.[Ni+2].[O-]c1c([O-])c(F)c(F)c(F)c1F. The second kappa shape index (κ2) is 12.4. The van der Waals surface area contributed by atoms with E-state index in [1.165, 1.54) is 33.0 Å². The van der Waals surface area contributed by atoms with Gasteiger partial charge in [0, 0.05) is 16.5 Å². The van der Waals surface area contributed by atoms with Gasteiger partial charge in [-0.3, -0.25) is 0 Å². The smallest absolute Gasteiger partial charge is 0.871 e. The fraction of sp³-hybridized carbons (Fsp3) is 0.118. The van der Waals surface area contributed by atoms with Crippen molar-refractivity contribution in [1.29, 1.82) is 0 Å². The van der Waals surface area contributed by atoms with E-state index in [9.17, 15) is 27.8 Å². The summed E-state index contributed by atoms with van der Waals surface area (Å²) in [5, 5.41) is 22.9. The van der Waals surface area contributed by atoms with Gasteiger partial charge in [0.1, 0.15) is 0 Å². The van der Waals surface area contributed by atoms with Crippen LogP contribution in [0.1, 0.15) is 33.4 Å². The summed E-state index contributed by atoms with van der Waals surface area (Å²) >= 11 is 0. The predicted molar refractivity (Wildman–Crippen MR) is 153 cm³/mol. The summed E-state index contributed by atoms with van der Waals surface area (Å²) in [6.07, 6.45) is 0. The Labute approximate surface area is 256 Å². The van der Waals surface area contributed by atoms with Crippen LogP contribution in [0, 0.1) is 51.0 Å². The molecule has 0 aliphatic heterocycles. The van der Waals surface area contributed by atoms with Crippen molar-refractivity contribution in [2.24, 2.45) is 9.98 Å².